The van der Waals surface area contributed by atoms with Crippen LogP contribution in [0, 0.1) is 0 Å². The maximum atomic E-state index is 6.20. The van der Waals surface area contributed by atoms with E-state index >= 15 is 0 Å². The van der Waals surface area contributed by atoms with Gasteiger partial charge in [-0.2, -0.15) is 0 Å². The van der Waals surface area contributed by atoms with Gasteiger partial charge >= 0.3 is 0 Å². The molecule has 0 bridgehead atoms. The van der Waals surface area contributed by atoms with Crippen LogP contribution in [0.2, 0.25) is 44.3 Å². The molecule has 0 aromatic carbocycles. The molecule has 14 heavy (non-hydrogen) atoms. The Morgan fingerprint density at radius 1 is 0.929 bits per heavy atom. The average molecular weight is 233 g/mol. The topological polar surface area (TPSA) is 9.23 Å². The van der Waals surface area contributed by atoms with Crippen LogP contribution >= 0.6 is 0 Å². The van der Waals surface area contributed by atoms with Crippen LogP contribution in [0.15, 0.2) is 0 Å². The van der Waals surface area contributed by atoms with Crippen LogP contribution in [0.1, 0.15) is 20.8 Å². The number of hydrogen-bond donors (Lipinski definition) is 0. The van der Waals surface area contributed by atoms with Crippen LogP contribution in [-0.2, 0) is 4.43 Å². The van der Waals surface area contributed by atoms with Gasteiger partial charge in [0.25, 0.3) is 0 Å². The zero-order valence-corrected chi connectivity index (χ0v) is 13.5. The van der Waals surface area contributed by atoms with Crippen LogP contribution in [0.3, 0.4) is 0 Å². The van der Waals surface area contributed by atoms with Gasteiger partial charge in [-0.25, -0.2) is 0 Å². The van der Waals surface area contributed by atoms with Gasteiger partial charge in [0, 0.05) is 6.10 Å². The fourth-order valence-corrected chi connectivity index (χ4v) is 4.04. The van der Waals surface area contributed by atoms with Gasteiger partial charge in [0.05, 0.1) is 8.07 Å². The zero-order valence-electron chi connectivity index (χ0n) is 11.5. The molecule has 0 saturated heterocycles. The largest absolute Gasteiger partial charge is 0.415 e. The third-order valence-electron chi connectivity index (χ3n) is 3.48. The molecule has 1 nitrogen and oxygen atoms in total. The van der Waals surface area contributed by atoms with Gasteiger partial charge in [0.1, 0.15) is 0 Å². The molecule has 0 aromatic heterocycles. The van der Waals surface area contributed by atoms with Crippen molar-refractivity contribution < 1.29 is 4.43 Å². The zero-order chi connectivity index (χ0) is 11.8. The lowest BCUT2D eigenvalue weighted by atomic mass is 10.1. The van der Waals surface area contributed by atoms with Crippen molar-refractivity contribution in [2.24, 2.45) is 0 Å². The molecule has 1 unspecified atom stereocenters. The Morgan fingerprint density at radius 3 is 1.50 bits per heavy atom. The molecule has 0 amide bonds. The van der Waals surface area contributed by atoms with E-state index in [9.17, 15) is 0 Å². The molecule has 0 heterocycles. The highest BCUT2D eigenvalue weighted by molar-refractivity contribution is 6.79. The second-order valence-corrected chi connectivity index (χ2v) is 17.1. The van der Waals surface area contributed by atoms with Crippen molar-refractivity contribution in [2.45, 2.75) is 71.2 Å². The highest BCUT2D eigenvalue weighted by atomic mass is 28.4. The van der Waals surface area contributed by atoms with E-state index in [1.165, 1.54) is 0 Å². The first-order chi connectivity index (χ1) is 5.88. The Balaban J connectivity index is 4.61. The molecule has 1 atom stereocenters. The van der Waals surface area contributed by atoms with Crippen molar-refractivity contribution in [1.29, 1.82) is 0 Å². The maximum Gasteiger partial charge on any atom is 0.184 e. The van der Waals surface area contributed by atoms with Crippen molar-refractivity contribution in [1.82, 2.24) is 0 Å². The Kier molecular flexibility index (Phi) is 4.22. The van der Waals surface area contributed by atoms with E-state index in [1.807, 2.05) is 0 Å². The molecule has 0 radical (unpaired) electrons. The standard InChI is InChI=1S/C11H28OSi2/c1-10(12-14(7,8)9)11(2,3)13(4,5)6/h10H,1-9H3. The monoisotopic (exact) mass is 232 g/mol. The molecule has 0 aliphatic rings. The molecule has 0 aromatic rings. The summed E-state index contributed by atoms with van der Waals surface area (Å²) in [6.07, 6.45) is 0.390. The van der Waals surface area contributed by atoms with E-state index < -0.39 is 16.4 Å². The quantitative estimate of drug-likeness (QED) is 0.655. The van der Waals surface area contributed by atoms with E-state index in [1.54, 1.807) is 0 Å². The van der Waals surface area contributed by atoms with Crippen molar-refractivity contribution in [3.63, 3.8) is 0 Å². The van der Waals surface area contributed by atoms with E-state index in [4.69, 9.17) is 4.43 Å². The Labute approximate surface area is 92.4 Å². The number of hydrogen-bond acceptors (Lipinski definition) is 1. The van der Waals surface area contributed by atoms with Crippen LogP contribution < -0.4 is 0 Å². The van der Waals surface area contributed by atoms with Gasteiger partial charge in [-0.15, -0.1) is 0 Å². The average Bonchev–Trinajstić information content (AvgIpc) is 1.80. The first-order valence-electron chi connectivity index (χ1n) is 5.56. The Morgan fingerprint density at radius 2 is 1.29 bits per heavy atom. The predicted molar refractivity (Wildman–Crippen MR) is 71.3 cm³/mol. The van der Waals surface area contributed by atoms with E-state index in [0.29, 0.717) is 11.1 Å². The fourth-order valence-electron chi connectivity index (χ4n) is 1.29. The smallest absolute Gasteiger partial charge is 0.184 e. The van der Waals surface area contributed by atoms with Gasteiger partial charge in [-0.05, 0) is 31.6 Å². The summed E-state index contributed by atoms with van der Waals surface area (Å²) in [4.78, 5) is 0. The summed E-state index contributed by atoms with van der Waals surface area (Å²) in [7, 11) is -2.54. The van der Waals surface area contributed by atoms with Crippen molar-refractivity contribution in [3.05, 3.63) is 0 Å². The van der Waals surface area contributed by atoms with Gasteiger partial charge in [0.15, 0.2) is 8.32 Å². The summed E-state index contributed by atoms with van der Waals surface area (Å²) in [5, 5.41) is 0.354. The van der Waals surface area contributed by atoms with Gasteiger partial charge < -0.3 is 4.43 Å². The lowest BCUT2D eigenvalue weighted by molar-refractivity contribution is 0.167. The third-order valence-corrected chi connectivity index (χ3v) is 8.81. The fraction of sp³-hybridized carbons (Fsp3) is 1.00. The van der Waals surface area contributed by atoms with Crippen molar-refractivity contribution in [2.75, 3.05) is 0 Å². The molecule has 0 rings (SSSR count). The van der Waals surface area contributed by atoms with Crippen molar-refractivity contribution in [3.8, 4) is 0 Å². The predicted octanol–water partition coefficient (Wildman–Crippen LogP) is 4.34. The lowest BCUT2D eigenvalue weighted by Gasteiger charge is -2.44. The normalized spacial score (nSPS) is 16.9. The minimum absolute atomic E-state index is 0.354. The molecular weight excluding hydrogens is 204 g/mol. The van der Waals surface area contributed by atoms with Gasteiger partial charge in [-0.1, -0.05) is 33.5 Å². The van der Waals surface area contributed by atoms with Gasteiger partial charge in [-0.3, -0.25) is 0 Å². The Hall–Kier alpha value is 0.394. The molecule has 0 N–H and O–H groups in total. The summed E-state index contributed by atoms with van der Waals surface area (Å²) >= 11 is 0. The van der Waals surface area contributed by atoms with E-state index in [2.05, 4.69) is 60.1 Å². The third kappa shape index (κ3) is 3.87. The molecule has 3 heteroatoms. The Bertz CT molecular complexity index is 186. The van der Waals surface area contributed by atoms with Gasteiger partial charge in [0.2, 0.25) is 0 Å². The molecule has 0 fully saturated rings. The minimum Gasteiger partial charge on any atom is -0.415 e. The van der Waals surface area contributed by atoms with Crippen LogP contribution in [-0.4, -0.2) is 22.5 Å². The molecule has 0 spiro atoms. The van der Waals surface area contributed by atoms with E-state index in [-0.39, 0.29) is 0 Å². The van der Waals surface area contributed by atoms with E-state index in [0.717, 1.165) is 0 Å². The summed E-state index contributed by atoms with van der Waals surface area (Å²) in [6, 6.07) is 0. The molecule has 86 valence electrons. The summed E-state index contributed by atoms with van der Waals surface area (Å²) < 4.78 is 6.20. The summed E-state index contributed by atoms with van der Waals surface area (Å²) in [5.74, 6) is 0. The summed E-state index contributed by atoms with van der Waals surface area (Å²) in [5.41, 5.74) is 0. The van der Waals surface area contributed by atoms with Crippen LogP contribution in [0.4, 0.5) is 0 Å². The molecular formula is C11H28OSi2. The second-order valence-electron chi connectivity index (χ2n) is 6.84. The van der Waals surface area contributed by atoms with Crippen molar-refractivity contribution >= 4 is 16.4 Å². The molecule has 0 saturated carbocycles. The number of rotatable bonds is 4. The highest BCUT2D eigenvalue weighted by Gasteiger charge is 2.41. The summed E-state index contributed by atoms with van der Waals surface area (Å²) in [6.45, 7) is 21.1. The molecule has 0 aliphatic carbocycles. The minimum atomic E-state index is -1.39. The molecule has 0 aliphatic heterocycles. The maximum absolute atomic E-state index is 6.20. The second kappa shape index (κ2) is 4.10. The highest BCUT2D eigenvalue weighted by Crippen LogP contribution is 2.42. The SMILES string of the molecule is CC(O[Si](C)(C)C)C(C)(C)[Si](C)(C)C. The first kappa shape index (κ1) is 14.4. The van der Waals surface area contributed by atoms with Crippen LogP contribution in [0.25, 0.3) is 0 Å². The lowest BCUT2D eigenvalue weighted by Crippen LogP contribution is -2.46. The van der Waals surface area contributed by atoms with Crippen LogP contribution in [0.5, 0.6) is 0 Å². The first-order valence-corrected chi connectivity index (χ1v) is 12.5.